The molecule has 0 aliphatic heterocycles. The fourth-order valence-electron chi connectivity index (χ4n) is 2.02. The van der Waals surface area contributed by atoms with Gasteiger partial charge in [-0.1, -0.05) is 60.2 Å². The van der Waals surface area contributed by atoms with Crippen LogP contribution in [0.5, 0.6) is 0 Å². The average molecular weight is 343 g/mol. The molecule has 0 aromatic heterocycles. The molecule has 4 nitrogen and oxygen atoms in total. The zero-order chi connectivity index (χ0) is 17.4. The predicted octanol–water partition coefficient (Wildman–Crippen LogP) is 3.92. The van der Waals surface area contributed by atoms with E-state index < -0.39 is 10.0 Å². The van der Waals surface area contributed by atoms with Crippen LogP contribution in [0.3, 0.4) is 0 Å². The molecule has 0 amide bonds. The molecular weight excluding hydrogens is 322 g/mol. The van der Waals surface area contributed by atoms with Gasteiger partial charge in [0.25, 0.3) is 10.0 Å². The number of benzene rings is 2. The van der Waals surface area contributed by atoms with Crippen LogP contribution in [0.1, 0.15) is 18.1 Å². The lowest BCUT2D eigenvalue weighted by molar-refractivity contribution is 0.343. The smallest absolute Gasteiger partial charge is 0.285 e. The third-order valence-corrected chi connectivity index (χ3v) is 4.63. The van der Waals surface area contributed by atoms with Gasteiger partial charge in [-0.25, -0.2) is 0 Å². The molecule has 5 heteroatoms. The molecule has 0 unspecified atom stereocenters. The van der Waals surface area contributed by atoms with Gasteiger partial charge >= 0.3 is 0 Å². The summed E-state index contributed by atoms with van der Waals surface area (Å²) in [6, 6.07) is 16.1. The summed E-state index contributed by atoms with van der Waals surface area (Å²) in [6.07, 6.45) is 3.97. The van der Waals surface area contributed by atoms with E-state index in [1.807, 2.05) is 50.3 Å². The number of nitrogens with zero attached hydrogens (tertiary/aromatic N) is 1. The van der Waals surface area contributed by atoms with E-state index in [0.717, 1.165) is 11.1 Å². The summed E-state index contributed by atoms with van der Waals surface area (Å²) in [5.74, 6) is 0.180. The summed E-state index contributed by atoms with van der Waals surface area (Å²) in [5, 5.41) is 0. The van der Waals surface area contributed by atoms with E-state index in [4.69, 9.17) is 4.74 Å². The van der Waals surface area contributed by atoms with Gasteiger partial charge in [0.1, 0.15) is 6.61 Å². The lowest BCUT2D eigenvalue weighted by Gasteiger charge is -2.08. The molecule has 0 aliphatic carbocycles. The van der Waals surface area contributed by atoms with Gasteiger partial charge in [-0.3, -0.25) is 0 Å². The number of ether oxygens (including phenoxy) is 1. The second-order valence-electron chi connectivity index (χ2n) is 5.32. The molecule has 0 radical (unpaired) electrons. The van der Waals surface area contributed by atoms with E-state index in [1.54, 1.807) is 30.3 Å². The molecule has 0 saturated heterocycles. The van der Waals surface area contributed by atoms with Crippen molar-refractivity contribution in [2.24, 2.45) is 4.40 Å². The maximum absolute atomic E-state index is 12.5. The molecule has 0 spiro atoms. The van der Waals surface area contributed by atoms with Crippen molar-refractivity contribution in [1.82, 2.24) is 0 Å². The van der Waals surface area contributed by atoms with E-state index >= 15 is 0 Å². The van der Waals surface area contributed by atoms with E-state index in [0.29, 0.717) is 6.42 Å². The maximum atomic E-state index is 12.5. The van der Waals surface area contributed by atoms with E-state index in [2.05, 4.69) is 4.40 Å². The van der Waals surface area contributed by atoms with Gasteiger partial charge in [-0.15, -0.1) is 4.40 Å². The second kappa shape index (κ2) is 8.45. The predicted molar refractivity (Wildman–Crippen MR) is 96.7 cm³/mol. The monoisotopic (exact) mass is 343 g/mol. The summed E-state index contributed by atoms with van der Waals surface area (Å²) >= 11 is 0. The van der Waals surface area contributed by atoms with Gasteiger partial charge in [0.2, 0.25) is 5.90 Å². The first-order valence-corrected chi connectivity index (χ1v) is 9.13. The fourth-order valence-corrected chi connectivity index (χ4v) is 2.99. The molecule has 2 aromatic rings. The lowest BCUT2D eigenvalue weighted by atomic mass is 10.1. The summed E-state index contributed by atoms with van der Waals surface area (Å²) in [6.45, 7) is 4.06. The SMILES string of the molecule is C/C=C/CO/C(Cc1ccccc1)=N/S(=O)(=O)c1ccc(C)cc1. The van der Waals surface area contributed by atoms with Gasteiger partial charge in [0.15, 0.2) is 0 Å². The molecule has 0 atom stereocenters. The highest BCUT2D eigenvalue weighted by Gasteiger charge is 2.15. The molecular formula is C19H21NO3S. The van der Waals surface area contributed by atoms with Gasteiger partial charge in [0.05, 0.1) is 4.90 Å². The van der Waals surface area contributed by atoms with Crippen LogP contribution in [-0.2, 0) is 21.2 Å². The van der Waals surface area contributed by atoms with Crippen molar-refractivity contribution in [2.45, 2.75) is 25.2 Å². The standard InChI is InChI=1S/C19H21NO3S/c1-3-4-14-23-19(15-17-8-6-5-7-9-17)20-24(21,22)18-12-10-16(2)11-13-18/h3-13H,14-15H2,1-2H3/b4-3+,20-19+. The third-order valence-electron chi connectivity index (χ3n) is 3.32. The normalized spacial score (nSPS) is 12.5. The van der Waals surface area contributed by atoms with E-state index in [-0.39, 0.29) is 17.4 Å². The van der Waals surface area contributed by atoms with Crippen LogP contribution in [0, 0.1) is 6.92 Å². The van der Waals surface area contributed by atoms with Gasteiger partial charge in [0, 0.05) is 6.42 Å². The summed E-state index contributed by atoms with van der Waals surface area (Å²) in [4.78, 5) is 0.160. The Morgan fingerprint density at radius 3 is 2.38 bits per heavy atom. The Morgan fingerprint density at radius 1 is 1.08 bits per heavy atom. The molecule has 2 aromatic carbocycles. The lowest BCUT2D eigenvalue weighted by Crippen LogP contribution is -2.12. The van der Waals surface area contributed by atoms with Crippen molar-refractivity contribution in [2.75, 3.05) is 6.61 Å². The summed E-state index contributed by atoms with van der Waals surface area (Å²) in [5.41, 5.74) is 1.93. The third kappa shape index (κ3) is 5.35. The number of hydrogen-bond donors (Lipinski definition) is 0. The van der Waals surface area contributed by atoms with Gasteiger partial charge < -0.3 is 4.74 Å². The first kappa shape index (κ1) is 17.9. The number of sulfonamides is 1. The highest BCUT2D eigenvalue weighted by Crippen LogP contribution is 2.14. The Bertz CT molecular complexity index is 807. The molecule has 0 fully saturated rings. The van der Waals surface area contributed by atoms with Crippen molar-refractivity contribution in [3.8, 4) is 0 Å². The Labute approximate surface area is 143 Å². The molecule has 0 N–H and O–H groups in total. The van der Waals surface area contributed by atoms with Crippen LogP contribution >= 0.6 is 0 Å². The van der Waals surface area contributed by atoms with Gasteiger partial charge in [-0.05, 0) is 31.5 Å². The maximum Gasteiger partial charge on any atom is 0.285 e. The molecule has 0 heterocycles. The van der Waals surface area contributed by atoms with Gasteiger partial charge in [-0.2, -0.15) is 8.42 Å². The molecule has 126 valence electrons. The molecule has 24 heavy (non-hydrogen) atoms. The Hall–Kier alpha value is -2.40. The average Bonchev–Trinajstić information content (AvgIpc) is 2.56. The molecule has 0 bridgehead atoms. The van der Waals surface area contributed by atoms with Crippen LogP contribution in [0.4, 0.5) is 0 Å². The zero-order valence-corrected chi connectivity index (χ0v) is 14.7. The summed E-state index contributed by atoms with van der Waals surface area (Å²) in [7, 11) is -3.79. The van der Waals surface area contributed by atoms with Crippen LogP contribution in [0.2, 0.25) is 0 Å². The summed E-state index contributed by atoms with van der Waals surface area (Å²) < 4.78 is 34.4. The zero-order valence-electron chi connectivity index (χ0n) is 13.8. The minimum Gasteiger partial charge on any atom is -0.476 e. The van der Waals surface area contributed by atoms with Crippen LogP contribution in [-0.4, -0.2) is 20.9 Å². The molecule has 0 saturated carbocycles. The highest BCUT2D eigenvalue weighted by atomic mass is 32.2. The Balaban J connectivity index is 2.29. The minimum absolute atomic E-state index is 0.160. The second-order valence-corrected chi connectivity index (χ2v) is 6.92. The Morgan fingerprint density at radius 2 is 1.75 bits per heavy atom. The fraction of sp³-hybridized carbons (Fsp3) is 0.211. The van der Waals surface area contributed by atoms with Crippen LogP contribution < -0.4 is 0 Å². The number of rotatable bonds is 6. The largest absolute Gasteiger partial charge is 0.476 e. The Kier molecular flexibility index (Phi) is 6.32. The number of hydrogen-bond acceptors (Lipinski definition) is 3. The van der Waals surface area contributed by atoms with Crippen molar-refractivity contribution < 1.29 is 13.2 Å². The minimum atomic E-state index is -3.79. The van der Waals surface area contributed by atoms with Crippen molar-refractivity contribution in [1.29, 1.82) is 0 Å². The van der Waals surface area contributed by atoms with Crippen LogP contribution in [0.15, 0.2) is 76.0 Å². The quantitative estimate of drug-likeness (QED) is 0.454. The first-order valence-electron chi connectivity index (χ1n) is 7.69. The number of allylic oxidation sites excluding steroid dienone is 1. The molecule has 0 aliphatic rings. The van der Waals surface area contributed by atoms with Crippen molar-refractivity contribution in [3.63, 3.8) is 0 Å². The van der Waals surface area contributed by atoms with E-state index in [9.17, 15) is 8.42 Å². The first-order chi connectivity index (χ1) is 11.5. The van der Waals surface area contributed by atoms with Crippen molar-refractivity contribution >= 4 is 15.9 Å². The van der Waals surface area contributed by atoms with E-state index in [1.165, 1.54) is 0 Å². The number of aryl methyl sites for hydroxylation is 1. The van der Waals surface area contributed by atoms with Crippen LogP contribution in [0.25, 0.3) is 0 Å². The van der Waals surface area contributed by atoms with Crippen molar-refractivity contribution in [3.05, 3.63) is 77.9 Å². The highest BCUT2D eigenvalue weighted by molar-refractivity contribution is 7.90. The molecule has 2 rings (SSSR count). The topological polar surface area (TPSA) is 55.7 Å².